The number of carbonyl (C=O) groups excluding carboxylic acids is 2. The molecule has 0 aliphatic carbocycles. The van der Waals surface area contributed by atoms with E-state index in [-0.39, 0.29) is 23.0 Å². The maximum absolute atomic E-state index is 12.8. The topological polar surface area (TPSA) is 92.8 Å². The van der Waals surface area contributed by atoms with Gasteiger partial charge < -0.3 is 10.1 Å². The first-order valence-corrected chi connectivity index (χ1v) is 11.8. The van der Waals surface area contributed by atoms with Crippen LogP contribution in [-0.4, -0.2) is 50.8 Å². The second-order valence-electron chi connectivity index (χ2n) is 7.43. The van der Waals surface area contributed by atoms with Gasteiger partial charge in [0.05, 0.1) is 10.5 Å². The number of hydrogen-bond donors (Lipinski definition) is 1. The molecule has 1 saturated heterocycles. The standard InChI is InChI=1S/C21H32N2O5S/c1-3-4-5-7-12-22-20(24)16-28-21(25)19-15-18(11-10-17(19)2)29(26,27)23-13-8-6-9-14-23/h10-11,15H,3-9,12-14,16H2,1-2H3,(H,22,24). The van der Waals surface area contributed by atoms with Crippen LogP contribution in [0.4, 0.5) is 0 Å². The van der Waals surface area contributed by atoms with Gasteiger partial charge in [-0.25, -0.2) is 13.2 Å². The van der Waals surface area contributed by atoms with Gasteiger partial charge in [0, 0.05) is 19.6 Å². The van der Waals surface area contributed by atoms with Crippen molar-refractivity contribution in [1.82, 2.24) is 9.62 Å². The minimum Gasteiger partial charge on any atom is -0.452 e. The molecule has 0 atom stereocenters. The number of carbonyl (C=O) groups is 2. The van der Waals surface area contributed by atoms with Gasteiger partial charge in [0.15, 0.2) is 6.61 Å². The SMILES string of the molecule is CCCCCCNC(=O)COC(=O)c1cc(S(=O)(=O)N2CCCCC2)ccc1C. The van der Waals surface area contributed by atoms with Crippen molar-refractivity contribution in [3.05, 3.63) is 29.3 Å². The van der Waals surface area contributed by atoms with Crippen molar-refractivity contribution in [2.45, 2.75) is 63.7 Å². The maximum atomic E-state index is 12.8. The van der Waals surface area contributed by atoms with Crippen LogP contribution in [0.2, 0.25) is 0 Å². The Morgan fingerprint density at radius 3 is 2.52 bits per heavy atom. The number of nitrogens with zero attached hydrogens (tertiary/aromatic N) is 1. The molecule has 0 aromatic heterocycles. The summed E-state index contributed by atoms with van der Waals surface area (Å²) in [6.45, 7) is 4.99. The normalized spacial score (nSPS) is 15.1. The summed E-state index contributed by atoms with van der Waals surface area (Å²) in [5.41, 5.74) is 0.770. The Hall–Kier alpha value is -1.93. The summed E-state index contributed by atoms with van der Waals surface area (Å²) >= 11 is 0. The molecule has 1 amide bonds. The molecule has 1 N–H and O–H groups in total. The van der Waals surface area contributed by atoms with Crippen molar-refractivity contribution in [3.63, 3.8) is 0 Å². The summed E-state index contributed by atoms with van der Waals surface area (Å²) in [6, 6.07) is 4.46. The fourth-order valence-corrected chi connectivity index (χ4v) is 4.82. The summed E-state index contributed by atoms with van der Waals surface area (Å²) in [5.74, 6) is -1.05. The third-order valence-electron chi connectivity index (χ3n) is 5.07. The minimum atomic E-state index is -3.64. The quantitative estimate of drug-likeness (QED) is 0.460. The Morgan fingerprint density at radius 2 is 1.83 bits per heavy atom. The summed E-state index contributed by atoms with van der Waals surface area (Å²) in [5, 5.41) is 2.72. The number of unbranched alkanes of at least 4 members (excludes halogenated alkanes) is 3. The van der Waals surface area contributed by atoms with Gasteiger partial charge in [-0.1, -0.05) is 38.7 Å². The van der Waals surface area contributed by atoms with Crippen LogP contribution in [0.3, 0.4) is 0 Å². The van der Waals surface area contributed by atoms with Gasteiger partial charge in [-0.15, -0.1) is 0 Å². The fraction of sp³-hybridized carbons (Fsp3) is 0.619. The highest BCUT2D eigenvalue weighted by Crippen LogP contribution is 2.23. The highest BCUT2D eigenvalue weighted by atomic mass is 32.2. The van der Waals surface area contributed by atoms with E-state index in [0.29, 0.717) is 25.2 Å². The van der Waals surface area contributed by atoms with E-state index >= 15 is 0 Å². The van der Waals surface area contributed by atoms with E-state index in [1.807, 2.05) is 0 Å². The van der Waals surface area contributed by atoms with Crippen molar-refractivity contribution in [3.8, 4) is 0 Å². The number of hydrogen-bond acceptors (Lipinski definition) is 5. The van der Waals surface area contributed by atoms with E-state index in [4.69, 9.17) is 4.74 Å². The zero-order valence-electron chi connectivity index (χ0n) is 17.4. The van der Waals surface area contributed by atoms with Crippen molar-refractivity contribution in [1.29, 1.82) is 0 Å². The zero-order valence-corrected chi connectivity index (χ0v) is 18.2. The largest absolute Gasteiger partial charge is 0.452 e. The zero-order chi connectivity index (χ0) is 21.3. The number of benzene rings is 1. The number of aryl methyl sites for hydroxylation is 1. The fourth-order valence-electron chi connectivity index (χ4n) is 3.28. The lowest BCUT2D eigenvalue weighted by atomic mass is 10.1. The first-order chi connectivity index (χ1) is 13.9. The van der Waals surface area contributed by atoms with E-state index in [1.54, 1.807) is 13.0 Å². The third kappa shape index (κ3) is 6.82. The average molecular weight is 425 g/mol. The molecule has 1 aliphatic heterocycles. The Labute approximate surface area is 173 Å². The second kappa shape index (κ2) is 11.3. The molecule has 1 aliphatic rings. The smallest absolute Gasteiger partial charge is 0.338 e. The molecular formula is C21H32N2O5S. The number of esters is 1. The van der Waals surface area contributed by atoms with Gasteiger partial charge in [-0.05, 0) is 43.9 Å². The van der Waals surface area contributed by atoms with Gasteiger partial charge in [0.25, 0.3) is 5.91 Å². The molecule has 7 nitrogen and oxygen atoms in total. The molecule has 162 valence electrons. The maximum Gasteiger partial charge on any atom is 0.338 e. The molecule has 29 heavy (non-hydrogen) atoms. The summed E-state index contributed by atoms with van der Waals surface area (Å²) in [7, 11) is -3.64. The molecule has 0 bridgehead atoms. The molecule has 1 fully saturated rings. The predicted molar refractivity (Wildman–Crippen MR) is 111 cm³/mol. The molecule has 1 aromatic carbocycles. The van der Waals surface area contributed by atoms with Gasteiger partial charge in [0.1, 0.15) is 0 Å². The molecular weight excluding hydrogens is 392 g/mol. The Balaban J connectivity index is 1.96. The number of amides is 1. The van der Waals surface area contributed by atoms with Crippen LogP contribution in [0, 0.1) is 6.92 Å². The minimum absolute atomic E-state index is 0.0809. The average Bonchev–Trinajstić information content (AvgIpc) is 2.72. The molecule has 8 heteroatoms. The Bertz CT molecular complexity index is 801. The third-order valence-corrected chi connectivity index (χ3v) is 6.96. The number of sulfonamides is 1. The molecule has 0 radical (unpaired) electrons. The first kappa shape index (κ1) is 23.3. The summed E-state index contributed by atoms with van der Waals surface area (Å²) < 4.78 is 32.2. The van der Waals surface area contributed by atoms with E-state index in [9.17, 15) is 18.0 Å². The van der Waals surface area contributed by atoms with Gasteiger partial charge >= 0.3 is 5.97 Å². The van der Waals surface area contributed by atoms with E-state index < -0.39 is 16.0 Å². The lowest BCUT2D eigenvalue weighted by molar-refractivity contribution is -0.124. The van der Waals surface area contributed by atoms with Crippen LogP contribution in [0.1, 0.15) is 67.8 Å². The van der Waals surface area contributed by atoms with Gasteiger partial charge in [0.2, 0.25) is 10.0 Å². The van der Waals surface area contributed by atoms with E-state index in [0.717, 1.165) is 44.9 Å². The van der Waals surface area contributed by atoms with Crippen LogP contribution in [0.15, 0.2) is 23.1 Å². The van der Waals surface area contributed by atoms with Crippen LogP contribution in [0.25, 0.3) is 0 Å². The van der Waals surface area contributed by atoms with Crippen molar-refractivity contribution in [2.75, 3.05) is 26.2 Å². The molecule has 0 unspecified atom stereocenters. The highest BCUT2D eigenvalue weighted by molar-refractivity contribution is 7.89. The Kier molecular flexibility index (Phi) is 9.10. The molecule has 1 aromatic rings. The highest BCUT2D eigenvalue weighted by Gasteiger charge is 2.27. The molecule has 0 saturated carbocycles. The molecule has 0 spiro atoms. The second-order valence-corrected chi connectivity index (χ2v) is 9.37. The van der Waals surface area contributed by atoms with Crippen molar-refractivity contribution < 1.29 is 22.7 Å². The van der Waals surface area contributed by atoms with Crippen molar-refractivity contribution in [2.24, 2.45) is 0 Å². The van der Waals surface area contributed by atoms with Crippen LogP contribution >= 0.6 is 0 Å². The van der Waals surface area contributed by atoms with E-state index in [1.165, 1.54) is 16.4 Å². The van der Waals surface area contributed by atoms with Gasteiger partial charge in [-0.2, -0.15) is 4.31 Å². The van der Waals surface area contributed by atoms with E-state index in [2.05, 4.69) is 12.2 Å². The lowest BCUT2D eigenvalue weighted by Gasteiger charge is -2.26. The van der Waals surface area contributed by atoms with Crippen molar-refractivity contribution >= 4 is 21.9 Å². The van der Waals surface area contributed by atoms with Crippen LogP contribution in [0.5, 0.6) is 0 Å². The number of ether oxygens (including phenoxy) is 1. The monoisotopic (exact) mass is 424 g/mol. The molecule has 2 rings (SSSR count). The summed E-state index contributed by atoms with van der Waals surface area (Å²) in [6.07, 6.45) is 6.90. The first-order valence-electron chi connectivity index (χ1n) is 10.4. The number of rotatable bonds is 10. The number of nitrogens with one attached hydrogen (secondary N) is 1. The van der Waals surface area contributed by atoms with Gasteiger partial charge in [-0.3, -0.25) is 4.79 Å². The van der Waals surface area contributed by atoms with Crippen LogP contribution in [-0.2, 0) is 19.6 Å². The summed E-state index contributed by atoms with van der Waals surface area (Å²) in [4.78, 5) is 24.3. The number of piperidine rings is 1. The molecule has 1 heterocycles. The lowest BCUT2D eigenvalue weighted by Crippen LogP contribution is -2.35. The Morgan fingerprint density at radius 1 is 1.10 bits per heavy atom. The predicted octanol–water partition coefficient (Wildman–Crippen LogP) is 3.02. The van der Waals surface area contributed by atoms with Crippen LogP contribution < -0.4 is 5.32 Å².